The van der Waals surface area contributed by atoms with Crippen molar-refractivity contribution < 1.29 is 9.18 Å². The fourth-order valence-electron chi connectivity index (χ4n) is 3.21. The number of hydrogen-bond donors (Lipinski definition) is 2. The number of carbonyl (C=O) groups excluding carboxylic acids is 1. The third-order valence-electron chi connectivity index (χ3n) is 4.39. The molecule has 0 aliphatic heterocycles. The maximum atomic E-state index is 12.9. The van der Waals surface area contributed by atoms with Gasteiger partial charge in [0.05, 0.1) is 5.54 Å². The summed E-state index contributed by atoms with van der Waals surface area (Å²) in [6.07, 6.45) is 5.33. The van der Waals surface area contributed by atoms with Gasteiger partial charge in [-0.15, -0.1) is 0 Å². The van der Waals surface area contributed by atoms with Crippen LogP contribution in [0.3, 0.4) is 0 Å². The van der Waals surface area contributed by atoms with Crippen LogP contribution in [0.5, 0.6) is 0 Å². The van der Waals surface area contributed by atoms with E-state index in [0.29, 0.717) is 18.8 Å². The van der Waals surface area contributed by atoms with Gasteiger partial charge in [-0.3, -0.25) is 0 Å². The summed E-state index contributed by atoms with van der Waals surface area (Å²) in [6.45, 7) is 3.07. The smallest absolute Gasteiger partial charge is 0.322 e. The Balaban J connectivity index is 2.11. The molecule has 21 heavy (non-hydrogen) atoms. The minimum atomic E-state index is -0.314. The number of rotatable bonds is 4. The third kappa shape index (κ3) is 3.53. The zero-order chi connectivity index (χ0) is 15.3. The SMILES string of the molecule is CCN(C(=O)Nc1ccc(F)cc1)C1(CN)CCCCC1. The van der Waals surface area contributed by atoms with Gasteiger partial charge in [0.1, 0.15) is 5.82 Å². The van der Waals surface area contributed by atoms with Crippen molar-refractivity contribution in [3.63, 3.8) is 0 Å². The first-order valence-corrected chi connectivity index (χ1v) is 7.65. The van der Waals surface area contributed by atoms with Crippen LogP contribution in [0.1, 0.15) is 39.0 Å². The lowest BCUT2D eigenvalue weighted by Gasteiger charge is -2.45. The van der Waals surface area contributed by atoms with Crippen LogP contribution < -0.4 is 11.1 Å². The average molecular weight is 293 g/mol. The molecule has 1 aromatic carbocycles. The van der Waals surface area contributed by atoms with Gasteiger partial charge in [0, 0.05) is 18.8 Å². The molecular formula is C16H24FN3O. The first kappa shape index (κ1) is 15.8. The molecular weight excluding hydrogens is 269 g/mol. The van der Waals surface area contributed by atoms with Gasteiger partial charge in [-0.1, -0.05) is 19.3 Å². The minimum absolute atomic E-state index is 0.156. The molecule has 0 heterocycles. The Morgan fingerprint density at radius 3 is 2.43 bits per heavy atom. The number of nitrogens with zero attached hydrogens (tertiary/aromatic N) is 1. The maximum absolute atomic E-state index is 12.9. The molecule has 0 saturated heterocycles. The highest BCUT2D eigenvalue weighted by Gasteiger charge is 2.38. The molecule has 0 radical (unpaired) electrons. The van der Waals surface area contributed by atoms with Crippen LogP contribution in [0, 0.1) is 5.82 Å². The van der Waals surface area contributed by atoms with E-state index in [2.05, 4.69) is 5.32 Å². The molecule has 0 atom stereocenters. The van der Waals surface area contributed by atoms with E-state index in [1.54, 1.807) is 12.1 Å². The Labute approximate surface area is 125 Å². The molecule has 1 aromatic rings. The van der Waals surface area contributed by atoms with Crippen molar-refractivity contribution in [1.82, 2.24) is 4.90 Å². The molecule has 0 aromatic heterocycles. The summed E-state index contributed by atoms with van der Waals surface area (Å²) in [5.74, 6) is -0.314. The molecule has 2 amide bonds. The first-order chi connectivity index (χ1) is 10.1. The van der Waals surface area contributed by atoms with Crippen LogP contribution >= 0.6 is 0 Å². The molecule has 1 aliphatic rings. The average Bonchev–Trinajstić information content (AvgIpc) is 2.51. The van der Waals surface area contributed by atoms with E-state index in [9.17, 15) is 9.18 Å². The zero-order valence-corrected chi connectivity index (χ0v) is 12.6. The molecule has 1 aliphatic carbocycles. The summed E-state index contributed by atoms with van der Waals surface area (Å²) in [4.78, 5) is 14.4. The lowest BCUT2D eigenvalue weighted by Crippen LogP contribution is -2.58. The van der Waals surface area contributed by atoms with Crippen LogP contribution in [0.15, 0.2) is 24.3 Å². The molecule has 0 bridgehead atoms. The maximum Gasteiger partial charge on any atom is 0.322 e. The Morgan fingerprint density at radius 2 is 1.90 bits per heavy atom. The van der Waals surface area contributed by atoms with E-state index in [1.807, 2.05) is 11.8 Å². The van der Waals surface area contributed by atoms with Gasteiger partial charge in [0.15, 0.2) is 0 Å². The number of halogens is 1. The summed E-state index contributed by atoms with van der Waals surface area (Å²) < 4.78 is 12.9. The summed E-state index contributed by atoms with van der Waals surface area (Å²) >= 11 is 0. The van der Waals surface area contributed by atoms with Crippen LogP contribution in [0.4, 0.5) is 14.9 Å². The zero-order valence-electron chi connectivity index (χ0n) is 12.6. The number of hydrogen-bond acceptors (Lipinski definition) is 2. The molecule has 0 spiro atoms. The number of carbonyl (C=O) groups is 1. The van der Waals surface area contributed by atoms with Crippen LogP contribution in [0.2, 0.25) is 0 Å². The fourth-order valence-corrected chi connectivity index (χ4v) is 3.21. The number of amides is 2. The van der Waals surface area contributed by atoms with Crippen molar-refractivity contribution in [1.29, 1.82) is 0 Å². The molecule has 1 fully saturated rings. The second-order valence-corrected chi connectivity index (χ2v) is 5.67. The van der Waals surface area contributed by atoms with Crippen molar-refractivity contribution in [2.75, 3.05) is 18.4 Å². The highest BCUT2D eigenvalue weighted by atomic mass is 19.1. The standard InChI is InChI=1S/C16H24FN3O/c1-2-20(16(12-18)10-4-3-5-11-16)15(21)19-14-8-6-13(17)7-9-14/h6-9H,2-5,10-12,18H2,1H3,(H,19,21). The number of benzene rings is 1. The van der Waals surface area contributed by atoms with E-state index in [0.717, 1.165) is 25.7 Å². The van der Waals surface area contributed by atoms with E-state index in [4.69, 9.17) is 5.73 Å². The van der Waals surface area contributed by atoms with E-state index < -0.39 is 0 Å². The molecule has 2 rings (SSSR count). The lowest BCUT2D eigenvalue weighted by atomic mass is 9.80. The number of anilines is 1. The van der Waals surface area contributed by atoms with Crippen molar-refractivity contribution in [3.8, 4) is 0 Å². The lowest BCUT2D eigenvalue weighted by molar-refractivity contribution is 0.0954. The van der Waals surface area contributed by atoms with Crippen LogP contribution in [-0.2, 0) is 0 Å². The largest absolute Gasteiger partial charge is 0.328 e. The summed E-state index contributed by atoms with van der Waals surface area (Å²) in [5, 5.41) is 2.84. The highest BCUT2D eigenvalue weighted by molar-refractivity contribution is 5.89. The Bertz CT molecular complexity index is 469. The third-order valence-corrected chi connectivity index (χ3v) is 4.39. The summed E-state index contributed by atoms with van der Waals surface area (Å²) in [6, 6.07) is 5.65. The van der Waals surface area contributed by atoms with E-state index >= 15 is 0 Å². The van der Waals surface area contributed by atoms with Crippen LogP contribution in [-0.4, -0.2) is 29.6 Å². The fraction of sp³-hybridized carbons (Fsp3) is 0.562. The summed E-state index contributed by atoms with van der Waals surface area (Å²) in [7, 11) is 0. The number of nitrogens with one attached hydrogen (secondary N) is 1. The van der Waals surface area contributed by atoms with Crippen molar-refractivity contribution in [2.24, 2.45) is 5.73 Å². The number of likely N-dealkylation sites (N-methyl/N-ethyl adjacent to an activating group) is 1. The normalized spacial score (nSPS) is 17.3. The number of urea groups is 1. The van der Waals surface area contributed by atoms with Crippen molar-refractivity contribution >= 4 is 11.7 Å². The predicted octanol–water partition coefficient (Wildman–Crippen LogP) is 3.34. The van der Waals surface area contributed by atoms with Crippen molar-refractivity contribution in [2.45, 2.75) is 44.6 Å². The van der Waals surface area contributed by atoms with Gasteiger partial charge in [-0.05, 0) is 44.0 Å². The Hall–Kier alpha value is -1.62. The molecule has 5 heteroatoms. The highest BCUT2D eigenvalue weighted by Crippen LogP contribution is 2.33. The van der Waals surface area contributed by atoms with E-state index in [-0.39, 0.29) is 17.4 Å². The Morgan fingerprint density at radius 1 is 1.29 bits per heavy atom. The van der Waals surface area contributed by atoms with Gasteiger partial charge >= 0.3 is 6.03 Å². The van der Waals surface area contributed by atoms with Gasteiger partial charge in [-0.2, -0.15) is 0 Å². The quantitative estimate of drug-likeness (QED) is 0.894. The van der Waals surface area contributed by atoms with Gasteiger partial charge in [-0.25, -0.2) is 9.18 Å². The number of nitrogens with two attached hydrogens (primary N) is 1. The second-order valence-electron chi connectivity index (χ2n) is 5.67. The Kier molecular flexibility index (Phi) is 5.17. The minimum Gasteiger partial charge on any atom is -0.328 e. The van der Waals surface area contributed by atoms with Gasteiger partial charge in [0.25, 0.3) is 0 Å². The second kappa shape index (κ2) is 6.89. The first-order valence-electron chi connectivity index (χ1n) is 7.65. The van der Waals surface area contributed by atoms with Crippen LogP contribution in [0.25, 0.3) is 0 Å². The summed E-state index contributed by atoms with van der Waals surface area (Å²) in [5.41, 5.74) is 6.36. The van der Waals surface area contributed by atoms with Crippen molar-refractivity contribution in [3.05, 3.63) is 30.1 Å². The van der Waals surface area contributed by atoms with Gasteiger partial charge < -0.3 is 16.0 Å². The molecule has 4 nitrogen and oxygen atoms in total. The monoisotopic (exact) mass is 293 g/mol. The molecule has 0 unspecified atom stereocenters. The molecule has 116 valence electrons. The van der Waals surface area contributed by atoms with E-state index in [1.165, 1.54) is 18.6 Å². The topological polar surface area (TPSA) is 58.4 Å². The molecule has 3 N–H and O–H groups in total. The molecule has 1 saturated carbocycles. The predicted molar refractivity (Wildman–Crippen MR) is 82.7 cm³/mol. The van der Waals surface area contributed by atoms with Gasteiger partial charge in [0.2, 0.25) is 0 Å².